The number of alkyl carbamates (subject to hydrolysis) is 1. The first-order valence-electron chi connectivity index (χ1n) is 9.91. The molecule has 0 aromatic heterocycles. The van der Waals surface area contributed by atoms with Crippen molar-refractivity contribution in [3.05, 3.63) is 35.4 Å². The lowest BCUT2D eigenvalue weighted by atomic mass is 10.1. The molecule has 1 aromatic rings. The number of rotatable bonds is 9. The molecule has 1 aromatic carbocycles. The first-order valence-corrected chi connectivity index (χ1v) is 9.91. The van der Waals surface area contributed by atoms with Gasteiger partial charge in [-0.2, -0.15) is 0 Å². The molecule has 166 valence electrons. The molecule has 7 nitrogen and oxygen atoms in total. The molecule has 0 atom stereocenters. The molecule has 0 aliphatic carbocycles. The third-order valence-electron chi connectivity index (χ3n) is 3.98. The Morgan fingerprint density at radius 1 is 1.14 bits per heavy atom. The van der Waals surface area contributed by atoms with Crippen molar-refractivity contribution >= 4 is 36.0 Å². The number of benzene rings is 1. The molecule has 0 fully saturated rings. The molecule has 0 radical (unpaired) electrons. The Bertz CT molecular complexity index is 632. The van der Waals surface area contributed by atoms with Gasteiger partial charge >= 0.3 is 6.09 Å². The van der Waals surface area contributed by atoms with Crippen molar-refractivity contribution in [2.24, 2.45) is 4.99 Å². The molecule has 8 heteroatoms. The predicted molar refractivity (Wildman–Crippen MR) is 131 cm³/mol. The zero-order valence-electron chi connectivity index (χ0n) is 18.7. The van der Waals surface area contributed by atoms with E-state index in [9.17, 15) is 4.79 Å². The van der Waals surface area contributed by atoms with Crippen molar-refractivity contribution in [2.45, 2.75) is 52.8 Å². The number of carbonyl (C=O) groups is 1. The van der Waals surface area contributed by atoms with E-state index in [1.807, 2.05) is 20.8 Å². The van der Waals surface area contributed by atoms with Crippen molar-refractivity contribution in [1.29, 1.82) is 0 Å². The highest BCUT2D eigenvalue weighted by molar-refractivity contribution is 14.0. The van der Waals surface area contributed by atoms with E-state index in [0.717, 1.165) is 25.5 Å². The van der Waals surface area contributed by atoms with E-state index >= 15 is 0 Å². The van der Waals surface area contributed by atoms with E-state index in [1.165, 1.54) is 11.1 Å². The molecule has 0 aliphatic rings. The van der Waals surface area contributed by atoms with Crippen LogP contribution in [0.4, 0.5) is 4.79 Å². The molecular formula is C21H38IN5O2. The molecule has 1 amide bonds. The zero-order chi connectivity index (χ0) is 21.0. The molecule has 0 unspecified atom stereocenters. The fourth-order valence-electron chi connectivity index (χ4n) is 2.47. The summed E-state index contributed by atoms with van der Waals surface area (Å²) in [7, 11) is 3.87. The van der Waals surface area contributed by atoms with E-state index in [2.05, 4.69) is 64.1 Å². The summed E-state index contributed by atoms with van der Waals surface area (Å²) < 4.78 is 5.21. The second kappa shape index (κ2) is 14.4. The molecule has 1 rings (SSSR count). The lowest BCUT2D eigenvalue weighted by Gasteiger charge is -2.19. The van der Waals surface area contributed by atoms with Gasteiger partial charge in [0, 0.05) is 33.2 Å². The Morgan fingerprint density at radius 2 is 1.79 bits per heavy atom. The second-order valence-electron chi connectivity index (χ2n) is 7.79. The van der Waals surface area contributed by atoms with Crippen molar-refractivity contribution in [1.82, 2.24) is 20.9 Å². The van der Waals surface area contributed by atoms with Gasteiger partial charge in [-0.1, -0.05) is 31.2 Å². The lowest BCUT2D eigenvalue weighted by Crippen LogP contribution is -2.39. The van der Waals surface area contributed by atoms with Gasteiger partial charge in [0.05, 0.1) is 0 Å². The number of halogens is 1. The highest BCUT2D eigenvalue weighted by Crippen LogP contribution is 2.08. The summed E-state index contributed by atoms with van der Waals surface area (Å²) in [6.07, 6.45) is 0.391. The van der Waals surface area contributed by atoms with Gasteiger partial charge in [-0.05, 0) is 51.9 Å². The van der Waals surface area contributed by atoms with Gasteiger partial charge < -0.3 is 25.6 Å². The second-order valence-corrected chi connectivity index (χ2v) is 7.79. The summed E-state index contributed by atoms with van der Waals surface area (Å²) in [5, 5.41) is 9.33. The Balaban J connectivity index is 0.00000784. The van der Waals surface area contributed by atoms with E-state index in [1.54, 1.807) is 7.05 Å². The molecule has 29 heavy (non-hydrogen) atoms. The first kappa shape index (κ1) is 27.5. The maximum Gasteiger partial charge on any atom is 0.407 e. The van der Waals surface area contributed by atoms with Crippen molar-refractivity contribution < 1.29 is 9.53 Å². The highest BCUT2D eigenvalue weighted by Gasteiger charge is 2.15. The largest absolute Gasteiger partial charge is 0.444 e. The number of nitrogens with zero attached hydrogens (tertiary/aromatic N) is 2. The maximum atomic E-state index is 11.6. The molecule has 0 saturated heterocycles. The Morgan fingerprint density at radius 3 is 2.41 bits per heavy atom. The number of aliphatic imine (C=N–C) groups is 1. The van der Waals surface area contributed by atoms with Crippen LogP contribution in [0.3, 0.4) is 0 Å². The van der Waals surface area contributed by atoms with E-state index < -0.39 is 5.60 Å². The number of hydrogen-bond acceptors (Lipinski definition) is 4. The van der Waals surface area contributed by atoms with Crippen molar-refractivity contribution in [3.8, 4) is 0 Å². The van der Waals surface area contributed by atoms with Crippen LogP contribution in [-0.2, 0) is 17.8 Å². The van der Waals surface area contributed by atoms with Crippen LogP contribution >= 0.6 is 24.0 Å². The Labute approximate surface area is 193 Å². The third kappa shape index (κ3) is 13.3. The van der Waals surface area contributed by atoms with Crippen LogP contribution in [-0.4, -0.2) is 56.3 Å². The molecule has 0 heterocycles. The Kier molecular flexibility index (Phi) is 13.7. The summed E-state index contributed by atoms with van der Waals surface area (Å²) in [5.74, 6) is 0.744. The number of hydrogen-bond donors (Lipinski definition) is 3. The lowest BCUT2D eigenvalue weighted by molar-refractivity contribution is 0.0527. The van der Waals surface area contributed by atoms with E-state index in [-0.39, 0.29) is 30.1 Å². The minimum Gasteiger partial charge on any atom is -0.444 e. The summed E-state index contributed by atoms with van der Waals surface area (Å²) in [4.78, 5) is 18.1. The van der Waals surface area contributed by atoms with Gasteiger partial charge in [-0.15, -0.1) is 24.0 Å². The number of nitrogens with one attached hydrogen (secondary N) is 3. The quantitative estimate of drug-likeness (QED) is 0.202. The van der Waals surface area contributed by atoms with E-state index in [0.29, 0.717) is 19.6 Å². The fraction of sp³-hybridized carbons (Fsp3) is 0.619. The first-order chi connectivity index (χ1) is 13.2. The normalized spacial score (nSPS) is 11.6. The third-order valence-corrected chi connectivity index (χ3v) is 3.98. The SMILES string of the molecule is CCN(C)Cc1cccc(CNC(=NC)NCCCNC(=O)OC(C)(C)C)c1.I. The molecule has 0 spiro atoms. The minimum atomic E-state index is -0.475. The van der Waals surface area contributed by atoms with Crippen LogP contribution in [0.15, 0.2) is 29.3 Å². The van der Waals surface area contributed by atoms with Gasteiger partial charge in [0.25, 0.3) is 0 Å². The molecule has 0 aliphatic heterocycles. The smallest absolute Gasteiger partial charge is 0.407 e. The van der Waals surface area contributed by atoms with Gasteiger partial charge in [-0.3, -0.25) is 4.99 Å². The summed E-state index contributed by atoms with van der Waals surface area (Å²) in [6.45, 7) is 11.6. The minimum absolute atomic E-state index is 0. The number of amides is 1. The maximum absolute atomic E-state index is 11.6. The van der Waals surface area contributed by atoms with Gasteiger partial charge in [0.2, 0.25) is 0 Å². The molecule has 3 N–H and O–H groups in total. The average molecular weight is 519 g/mol. The molecule has 0 bridgehead atoms. The number of guanidine groups is 1. The van der Waals surface area contributed by atoms with Crippen LogP contribution in [0, 0.1) is 0 Å². The summed E-state index contributed by atoms with van der Waals surface area (Å²) >= 11 is 0. The van der Waals surface area contributed by atoms with Gasteiger partial charge in [0.1, 0.15) is 5.60 Å². The monoisotopic (exact) mass is 519 g/mol. The predicted octanol–water partition coefficient (Wildman–Crippen LogP) is 3.34. The van der Waals surface area contributed by atoms with E-state index in [4.69, 9.17) is 4.74 Å². The molecular weight excluding hydrogens is 481 g/mol. The van der Waals surface area contributed by atoms with Gasteiger partial charge in [-0.25, -0.2) is 4.79 Å². The van der Waals surface area contributed by atoms with Crippen molar-refractivity contribution in [2.75, 3.05) is 33.7 Å². The van der Waals surface area contributed by atoms with Crippen molar-refractivity contribution in [3.63, 3.8) is 0 Å². The van der Waals surface area contributed by atoms with Crippen LogP contribution < -0.4 is 16.0 Å². The fourth-order valence-corrected chi connectivity index (χ4v) is 2.47. The zero-order valence-corrected chi connectivity index (χ0v) is 21.0. The number of ether oxygens (including phenoxy) is 1. The summed E-state index contributed by atoms with van der Waals surface area (Å²) in [6, 6.07) is 8.58. The average Bonchev–Trinajstić information content (AvgIpc) is 2.62. The standard InChI is InChI=1S/C21H37N5O2.HI/c1-7-26(6)16-18-11-8-10-17(14-18)15-25-19(22-5)23-12-9-13-24-20(27)28-21(2,3)4;/h8,10-11,14H,7,9,12-13,15-16H2,1-6H3,(H,24,27)(H2,22,23,25);1H. The van der Waals surface area contributed by atoms with Crippen LogP contribution in [0.25, 0.3) is 0 Å². The van der Waals surface area contributed by atoms with Crippen LogP contribution in [0.2, 0.25) is 0 Å². The topological polar surface area (TPSA) is 78.0 Å². The number of carbonyl (C=O) groups excluding carboxylic acids is 1. The summed E-state index contributed by atoms with van der Waals surface area (Å²) in [5.41, 5.74) is 2.05. The van der Waals surface area contributed by atoms with Crippen LogP contribution in [0.5, 0.6) is 0 Å². The Hall–Kier alpha value is -1.55. The van der Waals surface area contributed by atoms with Gasteiger partial charge in [0.15, 0.2) is 5.96 Å². The molecule has 0 saturated carbocycles. The van der Waals surface area contributed by atoms with Crippen LogP contribution in [0.1, 0.15) is 45.2 Å². The highest BCUT2D eigenvalue weighted by atomic mass is 127.